The van der Waals surface area contributed by atoms with Gasteiger partial charge in [0.1, 0.15) is 0 Å². The number of aryl methyl sites for hydroxylation is 1. The van der Waals surface area contributed by atoms with E-state index in [0.29, 0.717) is 0 Å². The molecular formula is C14H20BrN. The van der Waals surface area contributed by atoms with Gasteiger partial charge in [0.15, 0.2) is 0 Å². The topological polar surface area (TPSA) is 26.0 Å². The van der Waals surface area contributed by atoms with Crippen LogP contribution in [0.3, 0.4) is 0 Å². The van der Waals surface area contributed by atoms with Crippen LogP contribution in [0, 0.1) is 13.8 Å². The molecule has 1 saturated carbocycles. The van der Waals surface area contributed by atoms with Crippen LogP contribution in [-0.2, 0) is 5.41 Å². The zero-order valence-electron chi connectivity index (χ0n) is 10.1. The van der Waals surface area contributed by atoms with Crippen molar-refractivity contribution in [3.63, 3.8) is 0 Å². The van der Waals surface area contributed by atoms with Crippen LogP contribution in [0.2, 0.25) is 0 Å². The molecule has 0 heterocycles. The Morgan fingerprint density at radius 1 is 1.25 bits per heavy atom. The predicted octanol–water partition coefficient (Wildman–Crippen LogP) is 3.84. The summed E-state index contributed by atoms with van der Waals surface area (Å²) >= 11 is 3.66. The first-order valence-corrected chi connectivity index (χ1v) is 6.86. The normalized spacial score (nSPS) is 19.0. The summed E-state index contributed by atoms with van der Waals surface area (Å²) in [6, 6.07) is 4.52. The third-order valence-electron chi connectivity index (χ3n) is 4.01. The molecule has 0 amide bonds. The Balaban J connectivity index is 2.53. The number of hydrogen-bond acceptors (Lipinski definition) is 1. The molecule has 2 rings (SSSR count). The van der Waals surface area contributed by atoms with Gasteiger partial charge in [0.2, 0.25) is 0 Å². The zero-order chi connectivity index (χ0) is 11.8. The second-order valence-electron chi connectivity index (χ2n) is 5.11. The molecule has 0 aromatic heterocycles. The van der Waals surface area contributed by atoms with Crippen LogP contribution in [0.25, 0.3) is 0 Å². The van der Waals surface area contributed by atoms with Crippen LogP contribution in [0.4, 0.5) is 0 Å². The lowest BCUT2D eigenvalue weighted by atomic mass is 9.76. The number of hydrogen-bond donors (Lipinski definition) is 1. The number of rotatable bonds is 2. The van der Waals surface area contributed by atoms with E-state index in [-0.39, 0.29) is 5.41 Å². The highest BCUT2D eigenvalue weighted by Gasteiger charge is 2.35. The molecule has 2 N–H and O–H groups in total. The fraction of sp³-hybridized carbons (Fsp3) is 0.571. The summed E-state index contributed by atoms with van der Waals surface area (Å²) < 4.78 is 1.22. The van der Waals surface area contributed by atoms with Crippen molar-refractivity contribution in [3.05, 3.63) is 33.3 Å². The van der Waals surface area contributed by atoms with Gasteiger partial charge in [0.05, 0.1) is 0 Å². The van der Waals surface area contributed by atoms with Crippen LogP contribution in [-0.4, -0.2) is 6.54 Å². The minimum atomic E-state index is 0.249. The molecule has 1 nitrogen and oxygen atoms in total. The van der Waals surface area contributed by atoms with Crippen LogP contribution < -0.4 is 5.73 Å². The molecule has 0 radical (unpaired) electrons. The third kappa shape index (κ3) is 1.93. The van der Waals surface area contributed by atoms with Gasteiger partial charge in [0, 0.05) is 16.4 Å². The summed E-state index contributed by atoms with van der Waals surface area (Å²) in [5.74, 6) is 0. The molecule has 1 fully saturated rings. The van der Waals surface area contributed by atoms with Crippen molar-refractivity contribution < 1.29 is 0 Å². The maximum absolute atomic E-state index is 6.05. The SMILES string of the molecule is Cc1cc(Br)c(C)c(C2(CN)CCCC2)c1. The molecular weight excluding hydrogens is 262 g/mol. The van der Waals surface area contributed by atoms with E-state index in [1.165, 1.54) is 46.8 Å². The van der Waals surface area contributed by atoms with Gasteiger partial charge in [0.25, 0.3) is 0 Å². The standard InChI is InChI=1S/C14H20BrN/c1-10-7-12(11(2)13(15)8-10)14(9-16)5-3-4-6-14/h7-8H,3-6,9,16H2,1-2H3. The molecule has 88 valence electrons. The first-order chi connectivity index (χ1) is 7.59. The van der Waals surface area contributed by atoms with E-state index in [0.717, 1.165) is 6.54 Å². The Kier molecular flexibility index (Phi) is 3.41. The van der Waals surface area contributed by atoms with Crippen molar-refractivity contribution in [1.82, 2.24) is 0 Å². The Hall–Kier alpha value is -0.340. The Bertz CT molecular complexity index is 392. The average Bonchev–Trinajstić information content (AvgIpc) is 2.73. The van der Waals surface area contributed by atoms with Crippen molar-refractivity contribution in [2.75, 3.05) is 6.54 Å². The van der Waals surface area contributed by atoms with Crippen molar-refractivity contribution in [2.45, 2.75) is 44.9 Å². The minimum Gasteiger partial charge on any atom is -0.330 e. The van der Waals surface area contributed by atoms with E-state index >= 15 is 0 Å². The summed E-state index contributed by atoms with van der Waals surface area (Å²) in [6.07, 6.45) is 5.14. The number of benzene rings is 1. The molecule has 0 saturated heterocycles. The summed E-state index contributed by atoms with van der Waals surface area (Å²) in [6.45, 7) is 5.14. The van der Waals surface area contributed by atoms with Gasteiger partial charge >= 0.3 is 0 Å². The maximum Gasteiger partial charge on any atom is 0.0210 e. The van der Waals surface area contributed by atoms with E-state index in [9.17, 15) is 0 Å². The molecule has 1 aromatic carbocycles. The molecule has 16 heavy (non-hydrogen) atoms. The van der Waals surface area contributed by atoms with Crippen molar-refractivity contribution in [1.29, 1.82) is 0 Å². The Morgan fingerprint density at radius 2 is 1.88 bits per heavy atom. The largest absolute Gasteiger partial charge is 0.330 e. The lowest BCUT2D eigenvalue weighted by molar-refractivity contribution is 0.450. The van der Waals surface area contributed by atoms with E-state index < -0.39 is 0 Å². The van der Waals surface area contributed by atoms with Gasteiger partial charge in [-0.05, 0) is 49.4 Å². The third-order valence-corrected chi connectivity index (χ3v) is 4.84. The minimum absolute atomic E-state index is 0.249. The number of nitrogens with two attached hydrogens (primary N) is 1. The van der Waals surface area contributed by atoms with E-state index in [1.807, 2.05) is 0 Å². The van der Waals surface area contributed by atoms with Gasteiger partial charge < -0.3 is 5.73 Å². The van der Waals surface area contributed by atoms with Crippen LogP contribution in [0.5, 0.6) is 0 Å². The lowest BCUT2D eigenvalue weighted by Gasteiger charge is -2.30. The molecule has 0 atom stereocenters. The van der Waals surface area contributed by atoms with Crippen molar-refractivity contribution in [3.8, 4) is 0 Å². The lowest BCUT2D eigenvalue weighted by Crippen LogP contribution is -2.33. The molecule has 1 aliphatic carbocycles. The maximum atomic E-state index is 6.05. The smallest absolute Gasteiger partial charge is 0.0210 e. The molecule has 1 aliphatic rings. The van der Waals surface area contributed by atoms with E-state index in [2.05, 4.69) is 41.9 Å². The quantitative estimate of drug-likeness (QED) is 0.876. The molecule has 0 bridgehead atoms. The highest BCUT2D eigenvalue weighted by Crippen LogP contribution is 2.43. The van der Waals surface area contributed by atoms with Gasteiger partial charge in [-0.25, -0.2) is 0 Å². The zero-order valence-corrected chi connectivity index (χ0v) is 11.7. The monoisotopic (exact) mass is 281 g/mol. The fourth-order valence-corrected chi connectivity index (χ4v) is 3.58. The predicted molar refractivity (Wildman–Crippen MR) is 72.8 cm³/mol. The van der Waals surface area contributed by atoms with Gasteiger partial charge in [-0.3, -0.25) is 0 Å². The highest BCUT2D eigenvalue weighted by molar-refractivity contribution is 9.10. The van der Waals surface area contributed by atoms with Crippen molar-refractivity contribution in [2.24, 2.45) is 5.73 Å². The van der Waals surface area contributed by atoms with E-state index in [4.69, 9.17) is 5.73 Å². The highest BCUT2D eigenvalue weighted by atomic mass is 79.9. The summed E-state index contributed by atoms with van der Waals surface area (Å²) in [5.41, 5.74) is 10.5. The molecule has 1 aromatic rings. The molecule has 0 unspecified atom stereocenters. The first kappa shape index (κ1) is 12.1. The van der Waals surface area contributed by atoms with Gasteiger partial charge in [-0.2, -0.15) is 0 Å². The van der Waals surface area contributed by atoms with Gasteiger partial charge in [-0.15, -0.1) is 0 Å². The second kappa shape index (κ2) is 4.50. The summed E-state index contributed by atoms with van der Waals surface area (Å²) in [7, 11) is 0. The van der Waals surface area contributed by atoms with Crippen LogP contribution in [0.1, 0.15) is 42.4 Å². The molecule has 0 spiro atoms. The van der Waals surface area contributed by atoms with Gasteiger partial charge in [-0.1, -0.05) is 34.8 Å². The summed E-state index contributed by atoms with van der Waals surface area (Å²) in [5, 5.41) is 0. The second-order valence-corrected chi connectivity index (χ2v) is 5.97. The van der Waals surface area contributed by atoms with Crippen LogP contribution >= 0.6 is 15.9 Å². The Labute approximate surface area is 107 Å². The molecule has 2 heteroatoms. The molecule has 0 aliphatic heterocycles. The van der Waals surface area contributed by atoms with E-state index in [1.54, 1.807) is 0 Å². The summed E-state index contributed by atoms with van der Waals surface area (Å²) in [4.78, 5) is 0. The van der Waals surface area contributed by atoms with Crippen molar-refractivity contribution >= 4 is 15.9 Å². The van der Waals surface area contributed by atoms with Crippen LogP contribution in [0.15, 0.2) is 16.6 Å². The first-order valence-electron chi connectivity index (χ1n) is 6.06. The Morgan fingerprint density at radius 3 is 2.44 bits per heavy atom. The fourth-order valence-electron chi connectivity index (χ4n) is 3.00. The average molecular weight is 282 g/mol. The number of halogens is 1.